The van der Waals surface area contributed by atoms with Gasteiger partial charge in [0.15, 0.2) is 5.65 Å². The van der Waals surface area contributed by atoms with E-state index in [1.807, 2.05) is 34.5 Å². The van der Waals surface area contributed by atoms with E-state index in [1.54, 1.807) is 12.4 Å². The van der Waals surface area contributed by atoms with Gasteiger partial charge < -0.3 is 9.13 Å². The van der Waals surface area contributed by atoms with Crippen LogP contribution in [0.2, 0.25) is 0 Å². The third kappa shape index (κ3) is 1.76. The number of aryl methyl sites for hydroxylation is 1. The summed E-state index contributed by atoms with van der Waals surface area (Å²) in [5.41, 5.74) is 1.71. The minimum Gasteiger partial charge on any atom is -0.337 e. The molecule has 0 aliphatic rings. The van der Waals surface area contributed by atoms with Gasteiger partial charge in [-0.05, 0) is 12.1 Å². The van der Waals surface area contributed by atoms with Crippen LogP contribution in [0.1, 0.15) is 11.6 Å². The molecule has 0 N–H and O–H groups in total. The molecular formula is C12H12ClN5. The maximum atomic E-state index is 5.95. The van der Waals surface area contributed by atoms with Crippen LogP contribution in [0.15, 0.2) is 30.7 Å². The van der Waals surface area contributed by atoms with Gasteiger partial charge in [-0.15, -0.1) is 11.6 Å². The largest absolute Gasteiger partial charge is 0.337 e. The molecule has 3 rings (SSSR count). The minimum absolute atomic E-state index is 0.362. The highest BCUT2D eigenvalue weighted by Crippen LogP contribution is 2.16. The lowest BCUT2D eigenvalue weighted by molar-refractivity contribution is 0.688. The maximum Gasteiger partial charge on any atom is 0.160 e. The second-order valence-electron chi connectivity index (χ2n) is 4.05. The number of imidazole rings is 2. The number of alkyl halides is 1. The summed E-state index contributed by atoms with van der Waals surface area (Å²) in [4.78, 5) is 13.2. The molecule has 0 saturated heterocycles. The van der Waals surface area contributed by atoms with E-state index < -0.39 is 0 Å². The lowest BCUT2D eigenvalue weighted by Crippen LogP contribution is -2.09. The van der Waals surface area contributed by atoms with Gasteiger partial charge in [0.2, 0.25) is 0 Å². The number of nitrogens with zero attached hydrogens (tertiary/aromatic N) is 5. The molecule has 3 heterocycles. The third-order valence-corrected chi connectivity index (χ3v) is 3.16. The molecule has 5 nitrogen and oxygen atoms in total. The Kier molecular flexibility index (Phi) is 2.76. The van der Waals surface area contributed by atoms with Gasteiger partial charge in [0.05, 0.1) is 12.4 Å². The van der Waals surface area contributed by atoms with Gasteiger partial charge in [-0.1, -0.05) is 0 Å². The van der Waals surface area contributed by atoms with Gasteiger partial charge in [-0.3, -0.25) is 0 Å². The van der Waals surface area contributed by atoms with Crippen LogP contribution in [0.25, 0.3) is 11.2 Å². The normalized spacial score (nSPS) is 11.2. The van der Waals surface area contributed by atoms with E-state index in [0.717, 1.165) is 22.8 Å². The van der Waals surface area contributed by atoms with Crippen molar-refractivity contribution < 1.29 is 0 Å². The monoisotopic (exact) mass is 261 g/mol. The van der Waals surface area contributed by atoms with Gasteiger partial charge in [-0.2, -0.15) is 0 Å². The van der Waals surface area contributed by atoms with Crippen molar-refractivity contribution in [1.82, 2.24) is 24.1 Å². The molecule has 0 radical (unpaired) electrons. The standard InChI is InChI=1S/C12H12ClN5/c1-17-6-5-14-11(17)8-18-10(7-13)16-9-3-2-4-15-12(9)18/h2-6H,7-8H2,1H3. The highest BCUT2D eigenvalue weighted by Gasteiger charge is 2.12. The van der Waals surface area contributed by atoms with Crippen molar-refractivity contribution in [1.29, 1.82) is 0 Å². The second-order valence-corrected chi connectivity index (χ2v) is 4.32. The quantitative estimate of drug-likeness (QED) is 0.677. The molecule has 18 heavy (non-hydrogen) atoms. The van der Waals surface area contributed by atoms with Crippen LogP contribution in [0.4, 0.5) is 0 Å². The Bertz CT molecular complexity index is 685. The molecule has 0 amide bonds. The van der Waals surface area contributed by atoms with E-state index in [-0.39, 0.29) is 0 Å². The fraction of sp³-hybridized carbons (Fsp3) is 0.250. The molecule has 3 aromatic heterocycles. The summed E-state index contributed by atoms with van der Waals surface area (Å²) in [6, 6.07) is 3.81. The summed E-state index contributed by atoms with van der Waals surface area (Å²) in [5, 5.41) is 0. The minimum atomic E-state index is 0.362. The predicted molar refractivity (Wildman–Crippen MR) is 69.4 cm³/mol. The van der Waals surface area contributed by atoms with E-state index >= 15 is 0 Å². The summed E-state index contributed by atoms with van der Waals surface area (Å²) >= 11 is 5.95. The SMILES string of the molecule is Cn1ccnc1Cn1c(CCl)nc2cccnc21. The molecule has 0 aliphatic heterocycles. The molecular weight excluding hydrogens is 250 g/mol. The average Bonchev–Trinajstić information content (AvgIpc) is 2.95. The van der Waals surface area contributed by atoms with Crippen molar-refractivity contribution >= 4 is 22.8 Å². The van der Waals surface area contributed by atoms with Gasteiger partial charge in [0.25, 0.3) is 0 Å². The molecule has 6 heteroatoms. The first-order valence-corrected chi connectivity index (χ1v) is 6.15. The van der Waals surface area contributed by atoms with Crippen molar-refractivity contribution in [3.63, 3.8) is 0 Å². The molecule has 0 spiro atoms. The maximum absolute atomic E-state index is 5.95. The van der Waals surface area contributed by atoms with Crippen LogP contribution in [0, 0.1) is 0 Å². The topological polar surface area (TPSA) is 48.5 Å². The number of fused-ring (bicyclic) bond motifs is 1. The summed E-state index contributed by atoms with van der Waals surface area (Å²) in [7, 11) is 1.97. The van der Waals surface area contributed by atoms with Crippen molar-refractivity contribution in [2.75, 3.05) is 0 Å². The van der Waals surface area contributed by atoms with Gasteiger partial charge in [0.1, 0.15) is 17.2 Å². The number of rotatable bonds is 3. The first kappa shape index (κ1) is 11.2. The van der Waals surface area contributed by atoms with Crippen LogP contribution in [0.5, 0.6) is 0 Å². The number of hydrogen-bond acceptors (Lipinski definition) is 3. The molecule has 0 atom stereocenters. The van der Waals surface area contributed by atoms with Crippen molar-refractivity contribution in [3.8, 4) is 0 Å². The molecule has 0 saturated carbocycles. The molecule has 0 aliphatic carbocycles. The van der Waals surface area contributed by atoms with E-state index in [4.69, 9.17) is 11.6 Å². The summed E-state index contributed by atoms with van der Waals surface area (Å²) in [5.74, 6) is 2.13. The fourth-order valence-electron chi connectivity index (χ4n) is 1.96. The lowest BCUT2D eigenvalue weighted by atomic mass is 10.4. The number of aromatic nitrogens is 5. The van der Waals surface area contributed by atoms with Crippen LogP contribution < -0.4 is 0 Å². The van der Waals surface area contributed by atoms with Crippen LogP contribution in [0.3, 0.4) is 0 Å². The second kappa shape index (κ2) is 4.42. The Labute approximate surface area is 109 Å². The Morgan fingerprint density at radius 3 is 2.83 bits per heavy atom. The zero-order valence-corrected chi connectivity index (χ0v) is 10.7. The van der Waals surface area contributed by atoms with Crippen molar-refractivity contribution in [3.05, 3.63) is 42.4 Å². The van der Waals surface area contributed by atoms with Crippen LogP contribution in [-0.2, 0) is 19.5 Å². The Balaban J connectivity index is 2.12. The van der Waals surface area contributed by atoms with E-state index in [2.05, 4.69) is 15.0 Å². The first-order valence-electron chi connectivity index (χ1n) is 5.62. The number of pyridine rings is 1. The zero-order chi connectivity index (χ0) is 12.5. The molecule has 92 valence electrons. The van der Waals surface area contributed by atoms with Gasteiger partial charge in [-0.25, -0.2) is 15.0 Å². The highest BCUT2D eigenvalue weighted by molar-refractivity contribution is 6.16. The first-order chi connectivity index (χ1) is 8.79. The molecule has 0 bridgehead atoms. The van der Waals surface area contributed by atoms with Gasteiger partial charge >= 0.3 is 0 Å². The summed E-state index contributed by atoms with van der Waals surface area (Å²) < 4.78 is 3.98. The van der Waals surface area contributed by atoms with Crippen molar-refractivity contribution in [2.24, 2.45) is 7.05 Å². The zero-order valence-electron chi connectivity index (χ0n) is 9.91. The number of halogens is 1. The van der Waals surface area contributed by atoms with E-state index in [9.17, 15) is 0 Å². The fourth-order valence-corrected chi connectivity index (χ4v) is 2.17. The van der Waals surface area contributed by atoms with Crippen molar-refractivity contribution in [2.45, 2.75) is 12.4 Å². The van der Waals surface area contributed by atoms with E-state index in [1.165, 1.54) is 0 Å². The number of hydrogen-bond donors (Lipinski definition) is 0. The predicted octanol–water partition coefficient (Wildman–Crippen LogP) is 1.95. The summed E-state index contributed by atoms with van der Waals surface area (Å²) in [6.07, 6.45) is 5.46. The molecule has 0 aromatic carbocycles. The smallest absolute Gasteiger partial charge is 0.160 e. The average molecular weight is 262 g/mol. The van der Waals surface area contributed by atoms with E-state index in [0.29, 0.717) is 12.4 Å². The van der Waals surface area contributed by atoms with Crippen LogP contribution >= 0.6 is 11.6 Å². The van der Waals surface area contributed by atoms with Gasteiger partial charge in [0, 0.05) is 25.6 Å². The Morgan fingerprint density at radius 2 is 2.11 bits per heavy atom. The third-order valence-electron chi connectivity index (χ3n) is 2.92. The van der Waals surface area contributed by atoms with Crippen LogP contribution in [-0.4, -0.2) is 24.1 Å². The highest BCUT2D eigenvalue weighted by atomic mass is 35.5. The Hall–Kier alpha value is -1.88. The Morgan fingerprint density at radius 1 is 1.22 bits per heavy atom. The molecule has 3 aromatic rings. The lowest BCUT2D eigenvalue weighted by Gasteiger charge is -2.06. The summed E-state index contributed by atoms with van der Waals surface area (Å²) in [6.45, 7) is 0.624. The molecule has 0 fully saturated rings. The molecule has 0 unspecified atom stereocenters.